The smallest absolute Gasteiger partial charge is 0.435 e. The minimum Gasteiger partial charge on any atom is -0.444 e. The third-order valence-corrected chi connectivity index (χ3v) is 4.76. The van der Waals surface area contributed by atoms with Crippen LogP contribution >= 0.6 is 0 Å². The summed E-state index contributed by atoms with van der Waals surface area (Å²) in [5.41, 5.74) is -3.95. The molecule has 2 N–H and O–H groups in total. The highest BCUT2D eigenvalue weighted by molar-refractivity contribution is 5.68. The molecule has 2 atom stereocenters. The number of nitrogens with zero attached hydrogens (tertiary/aromatic N) is 3. The first-order chi connectivity index (χ1) is 14.6. The molecule has 32 heavy (non-hydrogen) atoms. The van der Waals surface area contributed by atoms with Crippen LogP contribution in [0.2, 0.25) is 0 Å². The van der Waals surface area contributed by atoms with E-state index in [4.69, 9.17) is 4.74 Å². The van der Waals surface area contributed by atoms with Gasteiger partial charge in [0.1, 0.15) is 11.4 Å². The molecule has 1 aliphatic rings. The van der Waals surface area contributed by atoms with Crippen molar-refractivity contribution in [2.75, 3.05) is 5.32 Å². The van der Waals surface area contributed by atoms with Crippen LogP contribution in [0.1, 0.15) is 57.8 Å². The Morgan fingerprint density at radius 3 is 2.25 bits per heavy atom. The van der Waals surface area contributed by atoms with E-state index in [1.165, 1.54) is 0 Å². The molecule has 0 saturated heterocycles. The molecule has 2 aromatic rings. The lowest BCUT2D eigenvalue weighted by atomic mass is 9.91. The van der Waals surface area contributed by atoms with Gasteiger partial charge < -0.3 is 15.4 Å². The number of anilines is 1. The Hall–Kier alpha value is -2.73. The summed E-state index contributed by atoms with van der Waals surface area (Å²) in [6.45, 7) is 5.14. The Labute approximate surface area is 179 Å². The highest BCUT2D eigenvalue weighted by Crippen LogP contribution is 2.34. The van der Waals surface area contributed by atoms with Gasteiger partial charge in [0.15, 0.2) is 17.0 Å². The van der Waals surface area contributed by atoms with Gasteiger partial charge in [-0.25, -0.2) is 9.78 Å². The van der Waals surface area contributed by atoms with Crippen LogP contribution in [0.3, 0.4) is 0 Å². The second-order valence-corrected chi connectivity index (χ2v) is 8.67. The van der Waals surface area contributed by atoms with Gasteiger partial charge in [-0.1, -0.05) is 0 Å². The van der Waals surface area contributed by atoms with Crippen LogP contribution in [0.5, 0.6) is 0 Å². The lowest BCUT2D eigenvalue weighted by Crippen LogP contribution is -2.44. The minimum atomic E-state index is -4.85. The van der Waals surface area contributed by atoms with Crippen molar-refractivity contribution in [3.8, 4) is 0 Å². The van der Waals surface area contributed by atoms with Crippen molar-refractivity contribution >= 4 is 17.6 Å². The number of aromatic nitrogens is 3. The minimum absolute atomic E-state index is 0.263. The molecule has 178 valence electrons. The number of carbonyl (C=O) groups is 1. The summed E-state index contributed by atoms with van der Waals surface area (Å²) in [5.74, 6) is -0.263. The summed E-state index contributed by atoms with van der Waals surface area (Å²) in [7, 11) is 0. The maximum absolute atomic E-state index is 13.3. The molecule has 0 unspecified atom stereocenters. The standard InChI is InChI=1S/C19H23F6N5O2/c1-17(2,3)32-16(31)27-11-6-4-5-10(7-11)26-14-8-12(18(20,21)22)28-15-9-13(19(23,24)25)29-30(14)15/h8-11,26H,4-7H2,1-3H3,(H,27,31)/t10-,11+/m0/s1. The van der Waals surface area contributed by atoms with E-state index in [0.29, 0.717) is 42.3 Å². The van der Waals surface area contributed by atoms with Crippen LogP contribution in [0.25, 0.3) is 5.65 Å². The quantitative estimate of drug-likeness (QED) is 0.620. The fourth-order valence-corrected chi connectivity index (χ4v) is 3.50. The van der Waals surface area contributed by atoms with E-state index in [2.05, 4.69) is 20.7 Å². The van der Waals surface area contributed by atoms with E-state index in [1.54, 1.807) is 20.8 Å². The van der Waals surface area contributed by atoms with E-state index in [1.807, 2.05) is 0 Å². The van der Waals surface area contributed by atoms with Crippen molar-refractivity contribution in [1.29, 1.82) is 0 Å². The van der Waals surface area contributed by atoms with Gasteiger partial charge in [-0.05, 0) is 46.5 Å². The molecule has 1 saturated carbocycles. The molecule has 0 aromatic carbocycles. The normalized spacial score (nSPS) is 20.3. The number of halogens is 6. The lowest BCUT2D eigenvalue weighted by Gasteiger charge is -2.31. The first kappa shape index (κ1) is 23.9. The molecular formula is C19H23F6N5O2. The van der Waals surface area contributed by atoms with E-state index in [0.717, 1.165) is 0 Å². The van der Waals surface area contributed by atoms with Gasteiger partial charge in [0.2, 0.25) is 0 Å². The van der Waals surface area contributed by atoms with Gasteiger partial charge in [0, 0.05) is 24.2 Å². The predicted molar refractivity (Wildman–Crippen MR) is 102 cm³/mol. The third kappa shape index (κ3) is 5.94. The number of ether oxygens (including phenoxy) is 1. The van der Waals surface area contributed by atoms with E-state index >= 15 is 0 Å². The van der Waals surface area contributed by atoms with Crippen LogP contribution in [0.4, 0.5) is 37.0 Å². The summed E-state index contributed by atoms with van der Waals surface area (Å²) in [5, 5.41) is 8.97. The van der Waals surface area contributed by atoms with Crippen molar-refractivity contribution in [3.63, 3.8) is 0 Å². The first-order valence-corrected chi connectivity index (χ1v) is 9.93. The SMILES string of the molecule is CC(C)(C)OC(=O)N[C@@H]1CCC[C@H](Nc2cc(C(F)(F)F)nc3cc(C(F)(F)F)nn23)C1. The molecule has 3 rings (SSSR count). The molecule has 0 spiro atoms. The van der Waals surface area contributed by atoms with Crippen LogP contribution < -0.4 is 10.6 Å². The molecule has 0 bridgehead atoms. The van der Waals surface area contributed by atoms with Crippen molar-refractivity contribution < 1.29 is 35.9 Å². The van der Waals surface area contributed by atoms with Crippen LogP contribution in [0, 0.1) is 0 Å². The summed E-state index contributed by atoms with van der Waals surface area (Å²) in [4.78, 5) is 15.3. The zero-order valence-electron chi connectivity index (χ0n) is 17.6. The maximum atomic E-state index is 13.3. The zero-order chi connectivity index (χ0) is 23.9. The molecule has 0 aliphatic heterocycles. The second kappa shape index (κ2) is 8.32. The number of rotatable bonds is 3. The molecule has 7 nitrogen and oxygen atoms in total. The number of carbonyl (C=O) groups excluding carboxylic acids is 1. The van der Waals surface area contributed by atoms with Crippen LogP contribution in [0.15, 0.2) is 12.1 Å². The average Bonchev–Trinajstić information content (AvgIpc) is 3.04. The summed E-state index contributed by atoms with van der Waals surface area (Å²) >= 11 is 0. The fourth-order valence-electron chi connectivity index (χ4n) is 3.50. The van der Waals surface area contributed by atoms with Crippen molar-refractivity contribution in [3.05, 3.63) is 23.5 Å². The highest BCUT2D eigenvalue weighted by atomic mass is 19.4. The second-order valence-electron chi connectivity index (χ2n) is 8.67. The molecule has 13 heteroatoms. The van der Waals surface area contributed by atoms with Gasteiger partial charge in [-0.15, -0.1) is 0 Å². The van der Waals surface area contributed by atoms with Crippen LogP contribution in [-0.4, -0.2) is 38.4 Å². The van der Waals surface area contributed by atoms with Crippen LogP contribution in [-0.2, 0) is 17.1 Å². The van der Waals surface area contributed by atoms with Gasteiger partial charge >= 0.3 is 18.4 Å². The summed E-state index contributed by atoms with van der Waals surface area (Å²) < 4.78 is 84.8. The zero-order valence-corrected chi connectivity index (χ0v) is 17.6. The van der Waals surface area contributed by atoms with E-state index in [9.17, 15) is 31.1 Å². The monoisotopic (exact) mass is 467 g/mol. The Kier molecular flexibility index (Phi) is 6.22. The number of fused-ring (bicyclic) bond motifs is 1. The van der Waals surface area contributed by atoms with E-state index in [-0.39, 0.29) is 11.9 Å². The van der Waals surface area contributed by atoms with Gasteiger partial charge in [0.05, 0.1) is 0 Å². The Morgan fingerprint density at radius 1 is 1.03 bits per heavy atom. The molecule has 2 aromatic heterocycles. The lowest BCUT2D eigenvalue weighted by molar-refractivity contribution is -0.142. The van der Waals surface area contributed by atoms with Crippen molar-refractivity contribution in [2.45, 2.75) is 76.5 Å². The molecule has 2 heterocycles. The number of alkyl carbamates (subject to hydrolysis) is 1. The number of hydrogen-bond donors (Lipinski definition) is 2. The van der Waals surface area contributed by atoms with Gasteiger partial charge in [-0.3, -0.25) is 0 Å². The number of nitrogens with one attached hydrogen (secondary N) is 2. The first-order valence-electron chi connectivity index (χ1n) is 9.93. The fraction of sp³-hybridized carbons (Fsp3) is 0.632. The number of hydrogen-bond acceptors (Lipinski definition) is 5. The molecular weight excluding hydrogens is 444 g/mol. The molecule has 1 aliphatic carbocycles. The van der Waals surface area contributed by atoms with Crippen molar-refractivity contribution in [1.82, 2.24) is 19.9 Å². The Morgan fingerprint density at radius 2 is 1.66 bits per heavy atom. The molecule has 0 radical (unpaired) electrons. The molecule has 1 fully saturated rings. The average molecular weight is 467 g/mol. The Balaban J connectivity index is 1.83. The number of amides is 1. The van der Waals surface area contributed by atoms with Gasteiger partial charge in [0.25, 0.3) is 0 Å². The van der Waals surface area contributed by atoms with E-state index < -0.39 is 47.1 Å². The molecule has 1 amide bonds. The topological polar surface area (TPSA) is 80.5 Å². The number of alkyl halides is 6. The highest BCUT2D eigenvalue weighted by Gasteiger charge is 2.37. The maximum Gasteiger partial charge on any atom is 0.435 e. The summed E-state index contributed by atoms with van der Waals surface area (Å²) in [6, 6.07) is 0.381. The third-order valence-electron chi connectivity index (χ3n) is 4.76. The van der Waals surface area contributed by atoms with Gasteiger partial charge in [-0.2, -0.15) is 36.0 Å². The predicted octanol–water partition coefficient (Wildman–Crippen LogP) is 5.01. The van der Waals surface area contributed by atoms with Crippen molar-refractivity contribution in [2.24, 2.45) is 0 Å². The largest absolute Gasteiger partial charge is 0.444 e. The Bertz CT molecular complexity index is 979. The summed E-state index contributed by atoms with van der Waals surface area (Å²) in [6.07, 6.45) is -8.13.